The Kier molecular flexibility index (Phi) is 11.3. The van der Waals surface area contributed by atoms with Crippen LogP contribution in [0.2, 0.25) is 0 Å². The Bertz CT molecular complexity index is 1910. The van der Waals surface area contributed by atoms with Gasteiger partial charge in [0.1, 0.15) is 11.6 Å². The number of anilines is 2. The van der Waals surface area contributed by atoms with Gasteiger partial charge in [0.25, 0.3) is 11.8 Å². The van der Waals surface area contributed by atoms with E-state index in [0.717, 1.165) is 66.9 Å². The molecule has 1 aliphatic heterocycles. The molecule has 0 aliphatic carbocycles. The molecule has 14 heteroatoms. The van der Waals surface area contributed by atoms with Crippen LogP contribution in [0.15, 0.2) is 77.7 Å². The summed E-state index contributed by atoms with van der Waals surface area (Å²) in [7, 11) is -3.94. The highest BCUT2D eigenvalue weighted by Gasteiger charge is 2.22. The smallest absolute Gasteiger partial charge is 0.259 e. The number of hydrogen-bond donors (Lipinski definition) is 3. The predicted octanol–water partition coefficient (Wildman–Crippen LogP) is 6.98. The third kappa shape index (κ3) is 8.92. The van der Waals surface area contributed by atoms with Gasteiger partial charge in [-0.3, -0.25) is 9.59 Å². The number of halogens is 5. The highest BCUT2D eigenvalue weighted by Crippen LogP contribution is 2.29. The molecule has 0 spiro atoms. The Morgan fingerprint density at radius 3 is 1.91 bits per heavy atom. The third-order valence-corrected chi connectivity index (χ3v) is 8.58. The van der Waals surface area contributed by atoms with Gasteiger partial charge < -0.3 is 15.4 Å². The van der Waals surface area contributed by atoms with Crippen LogP contribution in [0.25, 0.3) is 0 Å². The second-order valence-corrected chi connectivity index (χ2v) is 12.2. The first-order valence-electron chi connectivity index (χ1n) is 14.4. The molecule has 3 N–H and O–H groups in total. The number of amides is 2. The van der Waals surface area contributed by atoms with Crippen LogP contribution in [-0.2, 0) is 16.4 Å². The molecule has 1 atom stereocenters. The lowest BCUT2D eigenvalue weighted by molar-refractivity contribution is 0.101. The summed E-state index contributed by atoms with van der Waals surface area (Å²) >= 11 is 0. The SMILES string of the molecule is CC[C@@H](C)NS(=O)(=O)c1ccc(F)c(C(=O)Nc2ccc(F)c(F)c2)c1.O=C(Nc1ccc(F)c(F)c1)c1cccc2c1OCCC2. The summed E-state index contributed by atoms with van der Waals surface area (Å²) in [4.78, 5) is 24.2. The summed E-state index contributed by atoms with van der Waals surface area (Å²) in [6, 6.07) is 13.7. The van der Waals surface area contributed by atoms with Gasteiger partial charge in [0.05, 0.1) is 22.6 Å². The molecule has 0 fully saturated rings. The molecule has 248 valence electrons. The molecule has 1 aliphatic rings. The fourth-order valence-corrected chi connectivity index (χ4v) is 5.73. The van der Waals surface area contributed by atoms with Crippen molar-refractivity contribution >= 4 is 33.2 Å². The number of rotatable bonds is 8. The average molecular weight is 676 g/mol. The van der Waals surface area contributed by atoms with E-state index in [-0.39, 0.29) is 22.3 Å². The van der Waals surface area contributed by atoms with Crippen molar-refractivity contribution in [3.8, 4) is 5.75 Å². The summed E-state index contributed by atoms with van der Waals surface area (Å²) in [5.41, 5.74) is 0.949. The summed E-state index contributed by atoms with van der Waals surface area (Å²) in [6.07, 6.45) is 2.33. The number of nitrogens with one attached hydrogen (secondary N) is 3. The fraction of sp³-hybridized carbons (Fsp3) is 0.212. The maximum atomic E-state index is 14.0. The number of aryl methyl sites for hydroxylation is 1. The summed E-state index contributed by atoms with van der Waals surface area (Å²) in [5.74, 6) is -6.01. The lowest BCUT2D eigenvalue weighted by Crippen LogP contribution is -2.32. The minimum absolute atomic E-state index is 0.0979. The molecule has 0 saturated carbocycles. The van der Waals surface area contributed by atoms with E-state index >= 15 is 0 Å². The number of sulfonamides is 1. The third-order valence-electron chi connectivity index (χ3n) is 6.99. The van der Waals surface area contributed by atoms with Crippen molar-refractivity contribution in [2.45, 2.75) is 44.0 Å². The summed E-state index contributed by atoms with van der Waals surface area (Å²) in [5, 5.41) is 4.75. The van der Waals surface area contributed by atoms with Gasteiger partial charge >= 0.3 is 0 Å². The zero-order chi connectivity index (χ0) is 34.3. The monoisotopic (exact) mass is 675 g/mol. The van der Waals surface area contributed by atoms with Crippen LogP contribution in [0.4, 0.5) is 33.3 Å². The second-order valence-electron chi connectivity index (χ2n) is 10.5. The maximum absolute atomic E-state index is 14.0. The number of ether oxygens (including phenoxy) is 1. The molecule has 0 unspecified atom stereocenters. The van der Waals surface area contributed by atoms with Crippen LogP contribution in [0, 0.1) is 29.1 Å². The lowest BCUT2D eigenvalue weighted by Gasteiger charge is -2.19. The minimum atomic E-state index is -3.94. The van der Waals surface area contributed by atoms with E-state index in [0.29, 0.717) is 24.3 Å². The standard InChI is InChI=1S/C17H17F3N2O3S.C16H13F2NO2/c1-3-10(2)22-26(24,25)12-5-7-14(18)13(9-12)17(23)21-11-4-6-15(19)16(20)8-11;17-13-7-6-11(9-14(13)18)19-16(20)12-5-1-3-10-4-2-8-21-15(10)12/h4-10,22H,3H2,1-2H3,(H,21,23);1,3,5-7,9H,2,4,8H2,(H,19,20)/t10-;/m1./s1. The van der Waals surface area contributed by atoms with Crippen molar-refractivity contribution < 1.29 is 44.7 Å². The molecule has 47 heavy (non-hydrogen) atoms. The Labute approximate surface area is 268 Å². The zero-order valence-corrected chi connectivity index (χ0v) is 26.0. The van der Waals surface area contributed by atoms with Gasteiger partial charge in [0, 0.05) is 29.5 Å². The highest BCUT2D eigenvalue weighted by atomic mass is 32.2. The van der Waals surface area contributed by atoms with Gasteiger partial charge in [-0.25, -0.2) is 35.1 Å². The minimum Gasteiger partial charge on any atom is -0.492 e. The van der Waals surface area contributed by atoms with Crippen LogP contribution in [0.1, 0.15) is 53.0 Å². The number of fused-ring (bicyclic) bond motifs is 1. The molecular formula is C33H30F5N3O5S. The first kappa shape index (κ1) is 35.0. The Morgan fingerprint density at radius 2 is 1.34 bits per heavy atom. The van der Waals surface area contributed by atoms with E-state index in [1.165, 1.54) is 6.07 Å². The normalized spacial score (nSPS) is 12.9. The molecule has 0 saturated heterocycles. The maximum Gasteiger partial charge on any atom is 0.259 e. The molecule has 0 radical (unpaired) electrons. The molecule has 4 aromatic carbocycles. The number of benzene rings is 4. The van der Waals surface area contributed by atoms with Crippen molar-refractivity contribution in [1.29, 1.82) is 0 Å². The molecule has 2 amide bonds. The lowest BCUT2D eigenvalue weighted by atomic mass is 10.0. The first-order chi connectivity index (χ1) is 22.3. The highest BCUT2D eigenvalue weighted by molar-refractivity contribution is 7.89. The average Bonchev–Trinajstić information content (AvgIpc) is 3.04. The van der Waals surface area contributed by atoms with E-state index in [4.69, 9.17) is 4.74 Å². The van der Waals surface area contributed by atoms with Crippen molar-refractivity contribution in [2.24, 2.45) is 0 Å². The van der Waals surface area contributed by atoms with Gasteiger partial charge in [0.2, 0.25) is 10.0 Å². The van der Waals surface area contributed by atoms with E-state index < -0.39 is 56.5 Å². The van der Waals surface area contributed by atoms with Gasteiger partial charge in [-0.2, -0.15) is 0 Å². The van der Waals surface area contributed by atoms with Crippen molar-refractivity contribution in [1.82, 2.24) is 4.72 Å². The van der Waals surface area contributed by atoms with Crippen LogP contribution in [-0.4, -0.2) is 32.9 Å². The summed E-state index contributed by atoms with van der Waals surface area (Å²) < 4.78 is 98.6. The molecular weight excluding hydrogens is 645 g/mol. The number of carbonyl (C=O) groups excluding carboxylic acids is 2. The molecule has 1 heterocycles. The second kappa shape index (κ2) is 15.2. The molecule has 0 bridgehead atoms. The predicted molar refractivity (Wildman–Crippen MR) is 165 cm³/mol. The van der Waals surface area contributed by atoms with Gasteiger partial charge in [0.15, 0.2) is 23.3 Å². The van der Waals surface area contributed by atoms with Crippen LogP contribution < -0.4 is 20.1 Å². The van der Waals surface area contributed by atoms with Crippen LogP contribution >= 0.6 is 0 Å². The molecule has 8 nitrogen and oxygen atoms in total. The first-order valence-corrected chi connectivity index (χ1v) is 15.9. The largest absolute Gasteiger partial charge is 0.492 e. The molecule has 0 aromatic heterocycles. The molecule has 4 aromatic rings. The van der Waals surface area contributed by atoms with Gasteiger partial charge in [-0.1, -0.05) is 19.1 Å². The van der Waals surface area contributed by atoms with E-state index in [1.807, 2.05) is 6.07 Å². The van der Waals surface area contributed by atoms with E-state index in [9.17, 15) is 40.0 Å². The Hall–Kier alpha value is -4.82. The number of carbonyl (C=O) groups is 2. The van der Waals surface area contributed by atoms with Crippen molar-refractivity contribution in [3.05, 3.63) is 119 Å². The van der Waals surface area contributed by atoms with Gasteiger partial charge in [-0.05, 0) is 80.3 Å². The van der Waals surface area contributed by atoms with Crippen LogP contribution in [0.5, 0.6) is 5.75 Å². The number of para-hydroxylation sites is 1. The quantitative estimate of drug-likeness (QED) is 0.175. The Balaban J connectivity index is 0.000000217. The summed E-state index contributed by atoms with van der Waals surface area (Å²) in [6.45, 7) is 4.03. The Morgan fingerprint density at radius 1 is 0.766 bits per heavy atom. The van der Waals surface area contributed by atoms with Gasteiger partial charge in [-0.15, -0.1) is 0 Å². The topological polar surface area (TPSA) is 114 Å². The fourth-order valence-electron chi connectivity index (χ4n) is 4.37. The van der Waals surface area contributed by atoms with Crippen LogP contribution in [0.3, 0.4) is 0 Å². The van der Waals surface area contributed by atoms with Crippen molar-refractivity contribution in [3.63, 3.8) is 0 Å². The zero-order valence-electron chi connectivity index (χ0n) is 25.2. The molecule has 5 rings (SSSR count). The van der Waals surface area contributed by atoms with E-state index in [1.54, 1.807) is 26.0 Å². The van der Waals surface area contributed by atoms with Crippen molar-refractivity contribution in [2.75, 3.05) is 17.2 Å². The number of hydrogen-bond acceptors (Lipinski definition) is 5. The van der Waals surface area contributed by atoms with E-state index in [2.05, 4.69) is 15.4 Å².